The predicted octanol–water partition coefficient (Wildman–Crippen LogP) is 5.24. The fraction of sp³-hybridized carbons (Fsp3) is 0.188. The van der Waals surface area contributed by atoms with Gasteiger partial charge in [0, 0.05) is 14.5 Å². The Morgan fingerprint density at radius 2 is 1.76 bits per heavy atom. The molecule has 21 heavy (non-hydrogen) atoms. The fourth-order valence-corrected chi connectivity index (χ4v) is 3.06. The van der Waals surface area contributed by atoms with Crippen LogP contribution < -0.4 is 0 Å². The topological polar surface area (TPSA) is 37.3 Å². The summed E-state index contributed by atoms with van der Waals surface area (Å²) in [5, 5.41) is 10.5. The first-order valence-corrected chi connectivity index (χ1v) is 7.92. The molecule has 1 atom stereocenters. The molecule has 1 N–H and O–H groups in total. The van der Waals surface area contributed by atoms with Crippen LogP contribution in [-0.4, -0.2) is 11.1 Å². The normalized spacial score (nSPS) is 12.1. The second-order valence-electron chi connectivity index (χ2n) is 4.77. The van der Waals surface area contributed by atoms with E-state index in [2.05, 4.69) is 15.9 Å². The van der Waals surface area contributed by atoms with Gasteiger partial charge in [-0.3, -0.25) is 4.79 Å². The molecular weight excluding hydrogens is 375 g/mol. The van der Waals surface area contributed by atoms with E-state index in [1.807, 2.05) is 24.3 Å². The molecule has 0 radical (unpaired) electrons. The zero-order valence-corrected chi connectivity index (χ0v) is 14.1. The Balaban J connectivity index is 2.20. The summed E-state index contributed by atoms with van der Waals surface area (Å²) in [7, 11) is 0. The zero-order chi connectivity index (χ0) is 15.4. The molecule has 0 spiro atoms. The smallest absolute Gasteiger partial charge is 0.307 e. The van der Waals surface area contributed by atoms with Gasteiger partial charge in [-0.1, -0.05) is 63.4 Å². The van der Waals surface area contributed by atoms with Crippen LogP contribution in [0.1, 0.15) is 11.1 Å². The molecule has 2 nitrogen and oxygen atoms in total. The third kappa shape index (κ3) is 4.47. The van der Waals surface area contributed by atoms with Crippen molar-refractivity contribution in [1.82, 2.24) is 0 Å². The lowest BCUT2D eigenvalue weighted by Crippen LogP contribution is -2.19. The van der Waals surface area contributed by atoms with Gasteiger partial charge in [-0.05, 0) is 42.2 Å². The Morgan fingerprint density at radius 3 is 2.38 bits per heavy atom. The van der Waals surface area contributed by atoms with Crippen molar-refractivity contribution in [3.05, 3.63) is 68.1 Å². The minimum atomic E-state index is -0.836. The molecule has 0 heterocycles. The second kappa shape index (κ2) is 7.30. The molecule has 1 unspecified atom stereocenters. The second-order valence-corrected chi connectivity index (χ2v) is 6.47. The molecule has 0 aliphatic rings. The van der Waals surface area contributed by atoms with Crippen LogP contribution in [-0.2, 0) is 17.6 Å². The molecule has 0 amide bonds. The average Bonchev–Trinajstić information content (AvgIpc) is 2.42. The molecule has 0 aromatic heterocycles. The summed E-state index contributed by atoms with van der Waals surface area (Å²) in [6.07, 6.45) is 0.808. The molecule has 0 saturated heterocycles. The summed E-state index contributed by atoms with van der Waals surface area (Å²) in [5.41, 5.74) is 1.76. The molecule has 110 valence electrons. The fourth-order valence-electron chi connectivity index (χ4n) is 2.13. The van der Waals surface area contributed by atoms with E-state index in [-0.39, 0.29) is 0 Å². The van der Waals surface area contributed by atoms with Crippen LogP contribution in [0.3, 0.4) is 0 Å². The number of aliphatic carboxylic acids is 1. The maximum atomic E-state index is 11.5. The van der Waals surface area contributed by atoms with Crippen molar-refractivity contribution in [3.63, 3.8) is 0 Å². The molecule has 2 rings (SSSR count). The van der Waals surface area contributed by atoms with E-state index < -0.39 is 11.9 Å². The van der Waals surface area contributed by atoms with Crippen molar-refractivity contribution in [2.24, 2.45) is 5.92 Å². The molecule has 0 aliphatic heterocycles. The molecule has 2 aromatic carbocycles. The van der Waals surface area contributed by atoms with Gasteiger partial charge in [0.1, 0.15) is 0 Å². The first-order valence-electron chi connectivity index (χ1n) is 6.37. The number of rotatable bonds is 5. The van der Waals surface area contributed by atoms with Gasteiger partial charge in [-0.25, -0.2) is 0 Å². The lowest BCUT2D eigenvalue weighted by molar-refractivity contribution is -0.141. The minimum absolute atomic E-state index is 0.368. The van der Waals surface area contributed by atoms with Gasteiger partial charge in [0.05, 0.1) is 5.92 Å². The minimum Gasteiger partial charge on any atom is -0.481 e. The monoisotopic (exact) mass is 386 g/mol. The maximum absolute atomic E-state index is 11.5. The Labute approximate surface area is 141 Å². The maximum Gasteiger partial charge on any atom is 0.307 e. The third-order valence-corrected chi connectivity index (χ3v) is 4.62. The first kappa shape index (κ1) is 16.3. The van der Waals surface area contributed by atoms with Gasteiger partial charge in [0.2, 0.25) is 0 Å². The van der Waals surface area contributed by atoms with Crippen LogP contribution in [0.4, 0.5) is 0 Å². The van der Waals surface area contributed by atoms with Crippen molar-refractivity contribution >= 4 is 45.1 Å². The molecular formula is C16H13BrCl2O2. The van der Waals surface area contributed by atoms with Crippen LogP contribution in [0.15, 0.2) is 46.9 Å². The number of hydrogen-bond acceptors (Lipinski definition) is 1. The highest BCUT2D eigenvalue weighted by molar-refractivity contribution is 9.10. The van der Waals surface area contributed by atoms with E-state index in [1.54, 1.807) is 18.2 Å². The number of halogens is 3. The van der Waals surface area contributed by atoms with E-state index >= 15 is 0 Å². The number of carbonyl (C=O) groups is 1. The largest absolute Gasteiger partial charge is 0.481 e. The number of carboxylic acid groups (broad SMARTS) is 1. The molecule has 5 heteroatoms. The van der Waals surface area contributed by atoms with Crippen LogP contribution in [0, 0.1) is 5.92 Å². The van der Waals surface area contributed by atoms with Crippen molar-refractivity contribution in [2.75, 3.05) is 0 Å². The summed E-state index contributed by atoms with van der Waals surface area (Å²) in [5.74, 6) is -1.38. The van der Waals surface area contributed by atoms with Gasteiger partial charge in [0.15, 0.2) is 0 Å². The lowest BCUT2D eigenvalue weighted by atomic mass is 9.92. The Bertz CT molecular complexity index is 658. The molecule has 0 saturated carbocycles. The summed E-state index contributed by atoms with van der Waals surface area (Å²) in [6, 6.07) is 12.8. The molecule has 0 bridgehead atoms. The zero-order valence-electron chi connectivity index (χ0n) is 11.0. The summed E-state index contributed by atoms with van der Waals surface area (Å²) >= 11 is 15.4. The van der Waals surface area contributed by atoms with Crippen molar-refractivity contribution in [1.29, 1.82) is 0 Å². The van der Waals surface area contributed by atoms with E-state index in [0.29, 0.717) is 22.9 Å². The van der Waals surface area contributed by atoms with Gasteiger partial charge >= 0.3 is 5.97 Å². The lowest BCUT2D eigenvalue weighted by Gasteiger charge is -2.14. The van der Waals surface area contributed by atoms with Gasteiger partial charge < -0.3 is 5.11 Å². The number of hydrogen-bond donors (Lipinski definition) is 1. The van der Waals surface area contributed by atoms with Crippen LogP contribution in [0.5, 0.6) is 0 Å². The van der Waals surface area contributed by atoms with Crippen molar-refractivity contribution < 1.29 is 9.90 Å². The van der Waals surface area contributed by atoms with Crippen LogP contribution >= 0.6 is 39.1 Å². The average molecular weight is 388 g/mol. The summed E-state index contributed by atoms with van der Waals surface area (Å²) in [6.45, 7) is 0. The molecule has 0 fully saturated rings. The van der Waals surface area contributed by atoms with Gasteiger partial charge in [0.25, 0.3) is 0 Å². The van der Waals surface area contributed by atoms with E-state index in [1.165, 1.54) is 0 Å². The number of benzene rings is 2. The van der Waals surface area contributed by atoms with E-state index in [4.69, 9.17) is 23.2 Å². The standard InChI is InChI=1S/C16H13BrCl2O2/c17-14-4-2-1-3-10(14)7-12(16(20)21)8-11-5-6-13(18)9-15(11)19/h1-6,9,12H,7-8H2,(H,20,21). The van der Waals surface area contributed by atoms with Crippen molar-refractivity contribution in [2.45, 2.75) is 12.8 Å². The predicted molar refractivity (Wildman–Crippen MR) is 89.1 cm³/mol. The molecule has 2 aromatic rings. The van der Waals surface area contributed by atoms with Gasteiger partial charge in [-0.2, -0.15) is 0 Å². The van der Waals surface area contributed by atoms with Crippen LogP contribution in [0.2, 0.25) is 10.0 Å². The Kier molecular flexibility index (Phi) is 5.68. The highest BCUT2D eigenvalue weighted by atomic mass is 79.9. The summed E-state index contributed by atoms with van der Waals surface area (Å²) in [4.78, 5) is 11.5. The highest BCUT2D eigenvalue weighted by Gasteiger charge is 2.21. The quantitative estimate of drug-likeness (QED) is 0.761. The first-order chi connectivity index (χ1) is 9.97. The number of carboxylic acids is 1. The van der Waals surface area contributed by atoms with E-state index in [0.717, 1.165) is 15.6 Å². The van der Waals surface area contributed by atoms with Crippen molar-refractivity contribution in [3.8, 4) is 0 Å². The third-order valence-electron chi connectivity index (χ3n) is 3.25. The van der Waals surface area contributed by atoms with Crippen LogP contribution in [0.25, 0.3) is 0 Å². The van der Waals surface area contributed by atoms with E-state index in [9.17, 15) is 9.90 Å². The Morgan fingerprint density at radius 1 is 1.10 bits per heavy atom. The SMILES string of the molecule is O=C(O)C(Cc1ccc(Cl)cc1Cl)Cc1ccccc1Br. The Hall–Kier alpha value is -1.03. The van der Waals surface area contributed by atoms with Gasteiger partial charge in [-0.15, -0.1) is 0 Å². The molecule has 0 aliphatic carbocycles. The highest BCUT2D eigenvalue weighted by Crippen LogP contribution is 2.26. The summed E-state index contributed by atoms with van der Waals surface area (Å²) < 4.78 is 0.915.